The predicted molar refractivity (Wildman–Crippen MR) is 109 cm³/mol. The number of benzene rings is 1. The highest BCUT2D eigenvalue weighted by molar-refractivity contribution is 5.82. The van der Waals surface area contributed by atoms with Crippen molar-refractivity contribution in [3.63, 3.8) is 0 Å². The first-order valence-corrected chi connectivity index (χ1v) is 10.4. The molecule has 2 aliphatic heterocycles. The molecular formula is C22H28N2O5. The Hall–Kier alpha value is -2.38. The molecule has 29 heavy (non-hydrogen) atoms. The van der Waals surface area contributed by atoms with Crippen LogP contribution in [0.15, 0.2) is 33.5 Å². The Morgan fingerprint density at radius 3 is 2.83 bits per heavy atom. The first-order valence-electron chi connectivity index (χ1n) is 10.4. The van der Waals surface area contributed by atoms with E-state index in [4.69, 9.17) is 13.9 Å². The number of likely N-dealkylation sites (tertiary alicyclic amines) is 1. The zero-order chi connectivity index (χ0) is 20.2. The van der Waals surface area contributed by atoms with Crippen LogP contribution in [0.2, 0.25) is 0 Å². The number of amides is 1. The molecule has 2 aromatic rings. The summed E-state index contributed by atoms with van der Waals surface area (Å²) in [6.45, 7) is 5.24. The zero-order valence-corrected chi connectivity index (χ0v) is 16.8. The van der Waals surface area contributed by atoms with Crippen LogP contribution in [-0.4, -0.2) is 55.8 Å². The van der Waals surface area contributed by atoms with E-state index in [9.17, 15) is 9.59 Å². The van der Waals surface area contributed by atoms with E-state index in [0.717, 1.165) is 30.5 Å². The van der Waals surface area contributed by atoms with E-state index in [0.29, 0.717) is 24.5 Å². The number of hydrogen-bond acceptors (Lipinski definition) is 6. The van der Waals surface area contributed by atoms with Crippen molar-refractivity contribution in [2.45, 2.75) is 44.7 Å². The molecule has 4 rings (SSSR count). The van der Waals surface area contributed by atoms with E-state index in [1.54, 1.807) is 12.1 Å². The summed E-state index contributed by atoms with van der Waals surface area (Å²) in [7, 11) is 0. The molecule has 2 atom stereocenters. The summed E-state index contributed by atoms with van der Waals surface area (Å²) < 4.78 is 16.6. The van der Waals surface area contributed by atoms with E-state index in [1.165, 1.54) is 25.3 Å². The lowest BCUT2D eigenvalue weighted by molar-refractivity contribution is -0.124. The Morgan fingerprint density at radius 1 is 1.21 bits per heavy atom. The van der Waals surface area contributed by atoms with Crippen LogP contribution in [-0.2, 0) is 16.0 Å². The number of nitrogens with one attached hydrogen (secondary N) is 1. The molecule has 156 valence electrons. The van der Waals surface area contributed by atoms with Gasteiger partial charge in [-0.15, -0.1) is 0 Å². The highest BCUT2D eigenvalue weighted by Gasteiger charge is 2.34. The first-order chi connectivity index (χ1) is 14.1. The third-order valence-electron chi connectivity index (χ3n) is 5.81. The highest BCUT2D eigenvalue weighted by atomic mass is 16.5. The number of ether oxygens (including phenoxy) is 2. The van der Waals surface area contributed by atoms with Gasteiger partial charge in [0.05, 0.1) is 25.3 Å². The number of fused-ring (bicyclic) bond motifs is 1. The molecule has 0 bridgehead atoms. The van der Waals surface area contributed by atoms with Gasteiger partial charge in [0.15, 0.2) is 6.61 Å². The highest BCUT2D eigenvalue weighted by Crippen LogP contribution is 2.23. The Balaban J connectivity index is 1.36. The number of hydrogen-bond donors (Lipinski definition) is 1. The van der Waals surface area contributed by atoms with Crippen molar-refractivity contribution in [2.75, 3.05) is 32.9 Å². The third-order valence-corrected chi connectivity index (χ3v) is 5.81. The maximum atomic E-state index is 12.4. The van der Waals surface area contributed by atoms with Crippen LogP contribution in [0, 0.1) is 0 Å². The van der Waals surface area contributed by atoms with Gasteiger partial charge in [-0.2, -0.15) is 0 Å². The van der Waals surface area contributed by atoms with Crippen molar-refractivity contribution in [2.24, 2.45) is 0 Å². The summed E-state index contributed by atoms with van der Waals surface area (Å²) >= 11 is 0. The van der Waals surface area contributed by atoms with Crippen LogP contribution in [0.1, 0.15) is 31.7 Å². The molecule has 0 radical (unpaired) electrons. The van der Waals surface area contributed by atoms with Gasteiger partial charge in [-0.05, 0) is 50.0 Å². The van der Waals surface area contributed by atoms with Gasteiger partial charge in [0.2, 0.25) is 0 Å². The van der Waals surface area contributed by atoms with Crippen molar-refractivity contribution >= 4 is 16.9 Å². The Kier molecular flexibility index (Phi) is 6.16. The van der Waals surface area contributed by atoms with Crippen molar-refractivity contribution in [3.05, 3.63) is 40.2 Å². The monoisotopic (exact) mass is 400 g/mol. The molecular weight excluding hydrogens is 372 g/mol. The lowest BCUT2D eigenvalue weighted by atomic mass is 10.0. The molecule has 1 N–H and O–H groups in total. The summed E-state index contributed by atoms with van der Waals surface area (Å²) in [5.74, 6) is 0.325. The Labute approximate surface area is 170 Å². The van der Waals surface area contributed by atoms with Crippen molar-refractivity contribution in [1.82, 2.24) is 10.2 Å². The molecule has 0 unspecified atom stereocenters. The number of rotatable bonds is 6. The molecule has 2 aliphatic rings. The lowest BCUT2D eigenvalue weighted by Gasteiger charge is -2.34. The largest absolute Gasteiger partial charge is 0.484 e. The lowest BCUT2D eigenvalue weighted by Crippen LogP contribution is -2.53. The van der Waals surface area contributed by atoms with E-state index in [2.05, 4.69) is 10.2 Å². The van der Waals surface area contributed by atoms with Gasteiger partial charge in [0, 0.05) is 17.5 Å². The van der Waals surface area contributed by atoms with Crippen LogP contribution in [0.5, 0.6) is 5.75 Å². The van der Waals surface area contributed by atoms with Gasteiger partial charge in [-0.1, -0.05) is 13.3 Å². The van der Waals surface area contributed by atoms with Crippen molar-refractivity contribution < 1.29 is 18.7 Å². The van der Waals surface area contributed by atoms with Crippen LogP contribution in [0.4, 0.5) is 0 Å². The topological polar surface area (TPSA) is 81.0 Å². The number of nitrogens with zero attached hydrogens (tertiary/aromatic N) is 1. The second-order valence-corrected chi connectivity index (χ2v) is 7.77. The van der Waals surface area contributed by atoms with Crippen LogP contribution in [0.3, 0.4) is 0 Å². The zero-order valence-electron chi connectivity index (χ0n) is 16.8. The maximum absolute atomic E-state index is 12.4. The first kappa shape index (κ1) is 19.9. The normalized spacial score (nSPS) is 22.7. The standard InChI is InChI=1S/C22H28N2O5/c1-2-15-10-22(26)29-20-11-16(6-7-17(15)20)28-14-21(25)23-18-12-27-13-19(18)24-8-4-3-5-9-24/h6-7,10-11,18-19H,2-5,8-9,12-14H2,1H3,(H,23,25)/t18-,19-/m0/s1. The summed E-state index contributed by atoms with van der Waals surface area (Å²) in [5, 5.41) is 3.94. The number of piperidine rings is 1. The van der Waals surface area contributed by atoms with Gasteiger partial charge < -0.3 is 19.2 Å². The molecule has 3 heterocycles. The molecule has 7 heteroatoms. The fourth-order valence-electron chi connectivity index (χ4n) is 4.28. The second-order valence-electron chi connectivity index (χ2n) is 7.77. The van der Waals surface area contributed by atoms with E-state index in [-0.39, 0.29) is 30.2 Å². The predicted octanol–water partition coefficient (Wildman–Crippen LogP) is 2.10. The second kappa shape index (κ2) is 8.97. The van der Waals surface area contributed by atoms with Gasteiger partial charge in [-0.3, -0.25) is 9.69 Å². The number of carbonyl (C=O) groups is 1. The molecule has 1 amide bonds. The maximum Gasteiger partial charge on any atom is 0.336 e. The van der Waals surface area contributed by atoms with Crippen LogP contribution in [0.25, 0.3) is 11.0 Å². The molecule has 7 nitrogen and oxygen atoms in total. The van der Waals surface area contributed by atoms with Gasteiger partial charge in [0.1, 0.15) is 11.3 Å². The summed E-state index contributed by atoms with van der Waals surface area (Å²) in [6.07, 6.45) is 4.43. The van der Waals surface area contributed by atoms with Crippen molar-refractivity contribution in [3.8, 4) is 5.75 Å². The molecule has 0 saturated carbocycles. The van der Waals surface area contributed by atoms with E-state index in [1.807, 2.05) is 13.0 Å². The van der Waals surface area contributed by atoms with Crippen LogP contribution < -0.4 is 15.7 Å². The molecule has 1 aromatic carbocycles. The number of aryl methyl sites for hydroxylation is 1. The minimum Gasteiger partial charge on any atom is -0.484 e. The summed E-state index contributed by atoms with van der Waals surface area (Å²) in [4.78, 5) is 26.6. The number of carbonyl (C=O) groups excluding carboxylic acids is 1. The third kappa shape index (κ3) is 4.62. The Bertz CT molecular complexity index is 919. The van der Waals surface area contributed by atoms with Gasteiger partial charge >= 0.3 is 5.63 Å². The van der Waals surface area contributed by atoms with E-state index >= 15 is 0 Å². The smallest absolute Gasteiger partial charge is 0.336 e. The van der Waals surface area contributed by atoms with Gasteiger partial charge in [-0.25, -0.2) is 4.79 Å². The fourth-order valence-corrected chi connectivity index (χ4v) is 4.28. The SMILES string of the molecule is CCc1cc(=O)oc2cc(OCC(=O)N[C@H]3COC[C@@H]3N3CCCCC3)ccc12. The Morgan fingerprint density at radius 2 is 2.03 bits per heavy atom. The molecule has 0 spiro atoms. The van der Waals surface area contributed by atoms with Crippen LogP contribution >= 0.6 is 0 Å². The molecule has 1 aromatic heterocycles. The minimum atomic E-state index is -0.380. The van der Waals surface area contributed by atoms with E-state index < -0.39 is 0 Å². The minimum absolute atomic E-state index is 0.00839. The average molecular weight is 400 g/mol. The summed E-state index contributed by atoms with van der Waals surface area (Å²) in [5.41, 5.74) is 1.03. The fraction of sp³-hybridized carbons (Fsp3) is 0.545. The van der Waals surface area contributed by atoms with Gasteiger partial charge in [0.25, 0.3) is 5.91 Å². The van der Waals surface area contributed by atoms with Crippen molar-refractivity contribution in [1.29, 1.82) is 0 Å². The molecule has 0 aliphatic carbocycles. The summed E-state index contributed by atoms with van der Waals surface area (Å²) in [6, 6.07) is 7.07. The quantitative estimate of drug-likeness (QED) is 0.748. The molecule has 2 fully saturated rings. The molecule has 2 saturated heterocycles. The average Bonchev–Trinajstić information content (AvgIpc) is 3.20.